The SMILES string of the molecule is COC(=O)C1CCCN1S(=O)(=O)C(C)C. The minimum atomic E-state index is -3.35. The van der Waals surface area contributed by atoms with E-state index < -0.39 is 27.3 Å². The van der Waals surface area contributed by atoms with E-state index in [9.17, 15) is 13.2 Å². The van der Waals surface area contributed by atoms with Crippen molar-refractivity contribution in [3.63, 3.8) is 0 Å². The number of esters is 1. The maximum absolute atomic E-state index is 11.9. The van der Waals surface area contributed by atoms with Crippen LogP contribution in [-0.2, 0) is 19.6 Å². The lowest BCUT2D eigenvalue weighted by Crippen LogP contribution is -2.44. The fourth-order valence-electron chi connectivity index (χ4n) is 1.69. The molecule has 15 heavy (non-hydrogen) atoms. The Hall–Kier alpha value is -0.620. The van der Waals surface area contributed by atoms with Gasteiger partial charge in [-0.25, -0.2) is 8.42 Å². The Morgan fingerprint density at radius 1 is 1.47 bits per heavy atom. The van der Waals surface area contributed by atoms with Crippen LogP contribution in [0.1, 0.15) is 26.7 Å². The Bertz CT molecular complexity index is 336. The molecule has 1 rings (SSSR count). The lowest BCUT2D eigenvalue weighted by atomic mass is 10.2. The van der Waals surface area contributed by atoms with Crippen molar-refractivity contribution >= 4 is 16.0 Å². The van der Waals surface area contributed by atoms with Crippen LogP contribution in [0, 0.1) is 0 Å². The van der Waals surface area contributed by atoms with Gasteiger partial charge in [-0.15, -0.1) is 0 Å². The van der Waals surface area contributed by atoms with Crippen LogP contribution >= 0.6 is 0 Å². The lowest BCUT2D eigenvalue weighted by Gasteiger charge is -2.23. The summed E-state index contributed by atoms with van der Waals surface area (Å²) in [4.78, 5) is 11.4. The second-order valence-electron chi connectivity index (χ2n) is 3.89. The topological polar surface area (TPSA) is 63.7 Å². The van der Waals surface area contributed by atoms with Gasteiger partial charge in [0.1, 0.15) is 6.04 Å². The van der Waals surface area contributed by atoms with Gasteiger partial charge >= 0.3 is 5.97 Å². The van der Waals surface area contributed by atoms with Crippen LogP contribution in [0.15, 0.2) is 0 Å². The Morgan fingerprint density at radius 3 is 2.53 bits per heavy atom. The van der Waals surface area contributed by atoms with Gasteiger partial charge in [-0.1, -0.05) is 0 Å². The maximum Gasteiger partial charge on any atom is 0.324 e. The number of ether oxygens (including phenoxy) is 1. The molecule has 1 aliphatic heterocycles. The first-order valence-corrected chi connectivity index (χ1v) is 6.50. The summed E-state index contributed by atoms with van der Waals surface area (Å²) in [5.41, 5.74) is 0. The largest absolute Gasteiger partial charge is 0.468 e. The minimum Gasteiger partial charge on any atom is -0.468 e. The number of methoxy groups -OCH3 is 1. The number of sulfonamides is 1. The van der Waals surface area contributed by atoms with Crippen molar-refractivity contribution in [1.29, 1.82) is 0 Å². The summed E-state index contributed by atoms with van der Waals surface area (Å²) >= 11 is 0. The molecule has 88 valence electrons. The zero-order chi connectivity index (χ0) is 11.6. The van der Waals surface area contributed by atoms with E-state index in [0.717, 1.165) is 0 Å². The average Bonchev–Trinajstić information content (AvgIpc) is 2.65. The summed E-state index contributed by atoms with van der Waals surface area (Å²) < 4.78 is 29.6. The highest BCUT2D eigenvalue weighted by Crippen LogP contribution is 2.24. The second kappa shape index (κ2) is 4.49. The Kier molecular flexibility index (Phi) is 3.72. The van der Waals surface area contributed by atoms with Crippen LogP contribution in [-0.4, -0.2) is 43.6 Å². The minimum absolute atomic E-state index is 0.417. The molecule has 0 aromatic heterocycles. The summed E-state index contributed by atoms with van der Waals surface area (Å²) in [6, 6.07) is -0.623. The van der Waals surface area contributed by atoms with Crippen molar-refractivity contribution in [3.05, 3.63) is 0 Å². The van der Waals surface area contributed by atoms with E-state index in [1.165, 1.54) is 11.4 Å². The number of rotatable bonds is 3. The number of hydrogen-bond donors (Lipinski definition) is 0. The van der Waals surface area contributed by atoms with E-state index in [2.05, 4.69) is 4.74 Å². The molecule has 0 N–H and O–H groups in total. The van der Waals surface area contributed by atoms with Crippen molar-refractivity contribution < 1.29 is 17.9 Å². The molecular formula is C9H17NO4S. The molecule has 0 spiro atoms. The van der Waals surface area contributed by atoms with Crippen molar-refractivity contribution in [2.75, 3.05) is 13.7 Å². The highest BCUT2D eigenvalue weighted by Gasteiger charge is 2.40. The smallest absolute Gasteiger partial charge is 0.324 e. The molecule has 0 aromatic rings. The van der Waals surface area contributed by atoms with Crippen molar-refractivity contribution in [2.45, 2.75) is 38.0 Å². The molecule has 1 atom stereocenters. The molecule has 1 heterocycles. The van der Waals surface area contributed by atoms with Crippen LogP contribution in [0.5, 0.6) is 0 Å². The van der Waals surface area contributed by atoms with E-state index in [1.807, 2.05) is 0 Å². The summed E-state index contributed by atoms with van der Waals surface area (Å²) in [6.45, 7) is 3.64. The molecule has 0 radical (unpaired) electrons. The third-order valence-corrected chi connectivity index (χ3v) is 4.88. The highest BCUT2D eigenvalue weighted by molar-refractivity contribution is 7.89. The number of carbonyl (C=O) groups is 1. The van der Waals surface area contributed by atoms with E-state index in [0.29, 0.717) is 19.4 Å². The summed E-state index contributed by atoms with van der Waals surface area (Å²) in [5, 5.41) is -0.497. The van der Waals surface area contributed by atoms with Gasteiger partial charge in [0.25, 0.3) is 0 Å². The Labute approximate surface area is 90.4 Å². The average molecular weight is 235 g/mol. The first kappa shape index (κ1) is 12.4. The Balaban J connectivity index is 2.91. The fourth-order valence-corrected chi connectivity index (χ4v) is 3.16. The van der Waals surface area contributed by atoms with Crippen LogP contribution in [0.2, 0.25) is 0 Å². The van der Waals surface area contributed by atoms with Crippen LogP contribution in [0.25, 0.3) is 0 Å². The number of carbonyl (C=O) groups excluding carboxylic acids is 1. The Morgan fingerprint density at radius 2 is 2.07 bits per heavy atom. The number of nitrogens with zero attached hydrogens (tertiary/aromatic N) is 1. The van der Waals surface area contributed by atoms with Gasteiger partial charge in [0, 0.05) is 6.54 Å². The first-order chi connectivity index (χ1) is 6.91. The van der Waals surface area contributed by atoms with Gasteiger partial charge in [0.05, 0.1) is 12.4 Å². The predicted molar refractivity (Wildman–Crippen MR) is 55.8 cm³/mol. The van der Waals surface area contributed by atoms with E-state index in [1.54, 1.807) is 13.8 Å². The third kappa shape index (κ3) is 2.31. The standard InChI is InChI=1S/C9H17NO4S/c1-7(2)15(12,13)10-6-4-5-8(10)9(11)14-3/h7-8H,4-6H2,1-3H3. The molecule has 0 amide bonds. The normalized spacial score (nSPS) is 23.3. The highest BCUT2D eigenvalue weighted by atomic mass is 32.2. The van der Waals surface area contributed by atoms with Gasteiger partial charge in [-0.3, -0.25) is 4.79 Å². The molecule has 5 nitrogen and oxygen atoms in total. The van der Waals surface area contributed by atoms with Gasteiger partial charge in [-0.2, -0.15) is 4.31 Å². The van der Waals surface area contributed by atoms with Gasteiger partial charge in [0.15, 0.2) is 0 Å². The molecule has 0 saturated carbocycles. The summed E-state index contributed by atoms with van der Waals surface area (Å²) in [5.74, 6) is -0.461. The molecule has 0 aliphatic carbocycles. The first-order valence-electron chi connectivity index (χ1n) is 4.99. The monoisotopic (exact) mass is 235 g/mol. The van der Waals surface area contributed by atoms with Gasteiger partial charge in [-0.05, 0) is 26.7 Å². The van der Waals surface area contributed by atoms with Crippen molar-refractivity contribution in [3.8, 4) is 0 Å². The summed E-state index contributed by atoms with van der Waals surface area (Å²) in [7, 11) is -2.07. The van der Waals surface area contributed by atoms with E-state index in [4.69, 9.17) is 0 Å². The molecule has 1 aliphatic rings. The van der Waals surface area contributed by atoms with Crippen molar-refractivity contribution in [2.24, 2.45) is 0 Å². The predicted octanol–water partition coefficient (Wildman–Crippen LogP) is 0.362. The van der Waals surface area contributed by atoms with E-state index >= 15 is 0 Å². The third-order valence-electron chi connectivity index (χ3n) is 2.60. The lowest BCUT2D eigenvalue weighted by molar-refractivity contribution is -0.144. The van der Waals surface area contributed by atoms with Crippen molar-refractivity contribution in [1.82, 2.24) is 4.31 Å². The van der Waals surface area contributed by atoms with Crippen LogP contribution in [0.3, 0.4) is 0 Å². The molecule has 6 heteroatoms. The molecule has 1 fully saturated rings. The van der Waals surface area contributed by atoms with Gasteiger partial charge in [0.2, 0.25) is 10.0 Å². The maximum atomic E-state index is 11.9. The van der Waals surface area contributed by atoms with Crippen LogP contribution < -0.4 is 0 Å². The number of hydrogen-bond acceptors (Lipinski definition) is 4. The molecule has 0 aromatic carbocycles. The molecular weight excluding hydrogens is 218 g/mol. The molecule has 1 unspecified atom stereocenters. The van der Waals surface area contributed by atoms with Crippen LogP contribution in [0.4, 0.5) is 0 Å². The van der Waals surface area contributed by atoms with Gasteiger partial charge < -0.3 is 4.74 Å². The van der Waals surface area contributed by atoms with E-state index in [-0.39, 0.29) is 0 Å². The fraction of sp³-hybridized carbons (Fsp3) is 0.889. The second-order valence-corrected chi connectivity index (χ2v) is 6.33. The quantitative estimate of drug-likeness (QED) is 0.663. The zero-order valence-corrected chi connectivity index (χ0v) is 10.1. The molecule has 1 saturated heterocycles. The summed E-state index contributed by atoms with van der Waals surface area (Å²) in [6.07, 6.45) is 1.27. The molecule has 0 bridgehead atoms. The zero-order valence-electron chi connectivity index (χ0n) is 9.26.